The monoisotopic (exact) mass is 241 g/mol. The minimum Gasteiger partial charge on any atom is -0.356 e. The van der Waals surface area contributed by atoms with E-state index >= 15 is 0 Å². The van der Waals surface area contributed by atoms with Crippen molar-refractivity contribution >= 4 is 5.91 Å². The molecule has 0 radical (unpaired) electrons. The molecule has 100 valence electrons. The molecule has 3 heteroatoms. The van der Waals surface area contributed by atoms with Crippen LogP contribution in [0, 0.1) is 0 Å². The van der Waals surface area contributed by atoms with Crippen molar-refractivity contribution in [1.82, 2.24) is 4.90 Å². The molecule has 0 aromatic heterocycles. The molecule has 0 bridgehead atoms. The maximum absolute atomic E-state index is 11.3. The van der Waals surface area contributed by atoms with Gasteiger partial charge >= 0.3 is 0 Å². The van der Waals surface area contributed by atoms with Gasteiger partial charge in [0.25, 0.3) is 0 Å². The van der Waals surface area contributed by atoms with Crippen molar-refractivity contribution in [3.05, 3.63) is 0 Å². The van der Waals surface area contributed by atoms with Gasteiger partial charge in [0.05, 0.1) is 6.61 Å². The Morgan fingerprint density at radius 1 is 1.18 bits per heavy atom. The molecular weight excluding hydrogens is 214 g/mol. The highest BCUT2D eigenvalue weighted by Crippen LogP contribution is 2.17. The zero-order chi connectivity index (χ0) is 12.5. The number of hydrogen-bond donors (Lipinski definition) is 0. The van der Waals surface area contributed by atoms with Crippen LogP contribution in [0.15, 0.2) is 0 Å². The van der Waals surface area contributed by atoms with Crippen LogP contribution >= 0.6 is 0 Å². The lowest BCUT2D eigenvalue weighted by atomic mass is 10.1. The summed E-state index contributed by atoms with van der Waals surface area (Å²) in [7, 11) is 0. The van der Waals surface area contributed by atoms with Crippen molar-refractivity contribution in [3.8, 4) is 0 Å². The van der Waals surface area contributed by atoms with Crippen LogP contribution in [0.3, 0.4) is 0 Å². The standard InChI is InChI=1S/C14H27NO2/c1-3-4-5-6-7-8-9-10-14-15(13(2)16)11-12-17-14/h14H,3-12H2,1-2H3. The van der Waals surface area contributed by atoms with Gasteiger partial charge < -0.3 is 9.64 Å². The summed E-state index contributed by atoms with van der Waals surface area (Å²) < 4.78 is 5.58. The van der Waals surface area contributed by atoms with Crippen molar-refractivity contribution in [2.75, 3.05) is 13.2 Å². The molecule has 1 amide bonds. The van der Waals surface area contributed by atoms with Gasteiger partial charge in [-0.05, 0) is 12.8 Å². The maximum atomic E-state index is 11.3. The van der Waals surface area contributed by atoms with Crippen LogP contribution in [0.1, 0.15) is 65.2 Å². The van der Waals surface area contributed by atoms with Gasteiger partial charge in [0, 0.05) is 13.5 Å². The molecular formula is C14H27NO2. The van der Waals surface area contributed by atoms with E-state index in [1.807, 2.05) is 4.90 Å². The predicted octanol–water partition coefficient (Wildman–Crippen LogP) is 3.33. The number of carbonyl (C=O) groups is 1. The highest BCUT2D eigenvalue weighted by Gasteiger charge is 2.26. The second kappa shape index (κ2) is 8.51. The molecule has 1 atom stereocenters. The molecule has 17 heavy (non-hydrogen) atoms. The van der Waals surface area contributed by atoms with Gasteiger partial charge in [-0.3, -0.25) is 4.79 Å². The van der Waals surface area contributed by atoms with Crippen LogP contribution in [0.5, 0.6) is 0 Å². The minimum atomic E-state index is 0.0585. The van der Waals surface area contributed by atoms with E-state index in [2.05, 4.69) is 6.92 Å². The van der Waals surface area contributed by atoms with Crippen LogP contribution in [0.4, 0.5) is 0 Å². The van der Waals surface area contributed by atoms with Crippen molar-refractivity contribution in [2.45, 2.75) is 71.4 Å². The van der Waals surface area contributed by atoms with E-state index in [1.165, 1.54) is 44.9 Å². The number of amides is 1. The molecule has 1 aliphatic heterocycles. The van der Waals surface area contributed by atoms with Crippen molar-refractivity contribution in [1.29, 1.82) is 0 Å². The highest BCUT2D eigenvalue weighted by molar-refractivity contribution is 5.73. The van der Waals surface area contributed by atoms with E-state index in [0.29, 0.717) is 6.61 Å². The quantitative estimate of drug-likeness (QED) is 0.610. The molecule has 1 fully saturated rings. The zero-order valence-electron chi connectivity index (χ0n) is 11.4. The first-order chi connectivity index (χ1) is 8.25. The minimum absolute atomic E-state index is 0.0585. The van der Waals surface area contributed by atoms with E-state index in [1.54, 1.807) is 6.92 Å². The molecule has 0 spiro atoms. The Bertz CT molecular complexity index is 218. The van der Waals surface area contributed by atoms with Crippen LogP contribution in [0.2, 0.25) is 0 Å². The Kier molecular flexibility index (Phi) is 7.25. The number of hydrogen-bond acceptors (Lipinski definition) is 2. The molecule has 3 nitrogen and oxygen atoms in total. The maximum Gasteiger partial charge on any atom is 0.221 e. The number of unbranched alkanes of at least 4 members (excludes halogenated alkanes) is 6. The molecule has 1 unspecified atom stereocenters. The van der Waals surface area contributed by atoms with Crippen LogP contribution in [-0.2, 0) is 9.53 Å². The second-order valence-electron chi connectivity index (χ2n) is 4.95. The zero-order valence-corrected chi connectivity index (χ0v) is 11.4. The van der Waals surface area contributed by atoms with Crippen LogP contribution in [-0.4, -0.2) is 30.2 Å². The lowest BCUT2D eigenvalue weighted by molar-refractivity contribution is -0.133. The van der Waals surface area contributed by atoms with Crippen molar-refractivity contribution in [3.63, 3.8) is 0 Å². The van der Waals surface area contributed by atoms with E-state index in [-0.39, 0.29) is 12.1 Å². The summed E-state index contributed by atoms with van der Waals surface area (Å²) in [6.45, 7) is 5.36. The molecule has 0 aromatic carbocycles. The first kappa shape index (κ1) is 14.5. The van der Waals surface area contributed by atoms with Crippen LogP contribution in [0.25, 0.3) is 0 Å². The summed E-state index contributed by atoms with van der Waals surface area (Å²) in [5.41, 5.74) is 0. The summed E-state index contributed by atoms with van der Waals surface area (Å²) >= 11 is 0. The fourth-order valence-electron chi connectivity index (χ4n) is 2.40. The molecule has 0 N–H and O–H groups in total. The fourth-order valence-corrected chi connectivity index (χ4v) is 2.40. The van der Waals surface area contributed by atoms with Gasteiger partial charge in [0.15, 0.2) is 0 Å². The Labute approximate surface area is 106 Å². The van der Waals surface area contributed by atoms with Gasteiger partial charge in [0.2, 0.25) is 5.91 Å². The molecule has 1 aliphatic rings. The fraction of sp³-hybridized carbons (Fsp3) is 0.929. The highest BCUT2D eigenvalue weighted by atomic mass is 16.5. The SMILES string of the molecule is CCCCCCCCCC1OCCN1C(C)=O. The van der Waals surface area contributed by atoms with Gasteiger partial charge in [-0.2, -0.15) is 0 Å². The van der Waals surface area contributed by atoms with E-state index in [4.69, 9.17) is 4.74 Å². The molecule has 1 heterocycles. The molecule has 1 saturated heterocycles. The summed E-state index contributed by atoms with van der Waals surface area (Å²) in [5.74, 6) is 0.149. The lowest BCUT2D eigenvalue weighted by Crippen LogP contribution is -2.34. The van der Waals surface area contributed by atoms with Crippen molar-refractivity contribution in [2.24, 2.45) is 0 Å². The smallest absolute Gasteiger partial charge is 0.221 e. The first-order valence-electron chi connectivity index (χ1n) is 7.14. The summed E-state index contributed by atoms with van der Waals surface area (Å²) in [6.07, 6.45) is 10.2. The summed E-state index contributed by atoms with van der Waals surface area (Å²) in [5, 5.41) is 0. The van der Waals surface area contributed by atoms with Crippen LogP contribution < -0.4 is 0 Å². The molecule has 0 saturated carbocycles. The third-order valence-electron chi connectivity index (χ3n) is 3.45. The Hall–Kier alpha value is -0.570. The van der Waals surface area contributed by atoms with Gasteiger partial charge in [-0.25, -0.2) is 0 Å². The predicted molar refractivity (Wildman–Crippen MR) is 69.7 cm³/mol. The molecule has 0 aliphatic carbocycles. The number of carbonyl (C=O) groups excluding carboxylic acids is 1. The van der Waals surface area contributed by atoms with E-state index in [9.17, 15) is 4.79 Å². The third-order valence-corrected chi connectivity index (χ3v) is 3.45. The molecule has 1 rings (SSSR count). The Balaban J connectivity index is 2.00. The Morgan fingerprint density at radius 3 is 2.47 bits per heavy atom. The topological polar surface area (TPSA) is 29.5 Å². The number of nitrogens with zero attached hydrogens (tertiary/aromatic N) is 1. The average Bonchev–Trinajstić information content (AvgIpc) is 2.76. The first-order valence-corrected chi connectivity index (χ1v) is 7.14. The molecule has 0 aromatic rings. The summed E-state index contributed by atoms with van der Waals surface area (Å²) in [6, 6.07) is 0. The van der Waals surface area contributed by atoms with Gasteiger partial charge in [-0.15, -0.1) is 0 Å². The summed E-state index contributed by atoms with van der Waals surface area (Å²) in [4.78, 5) is 13.2. The van der Waals surface area contributed by atoms with Gasteiger partial charge in [0.1, 0.15) is 6.23 Å². The Morgan fingerprint density at radius 2 is 1.82 bits per heavy atom. The number of rotatable bonds is 8. The average molecular weight is 241 g/mol. The normalized spacial score (nSPS) is 19.9. The van der Waals surface area contributed by atoms with Crippen molar-refractivity contribution < 1.29 is 9.53 Å². The van der Waals surface area contributed by atoms with E-state index < -0.39 is 0 Å². The van der Waals surface area contributed by atoms with E-state index in [0.717, 1.165) is 13.0 Å². The lowest BCUT2D eigenvalue weighted by Gasteiger charge is -2.21. The van der Waals surface area contributed by atoms with Gasteiger partial charge in [-0.1, -0.05) is 45.4 Å². The number of ether oxygens (including phenoxy) is 1. The third kappa shape index (κ3) is 5.53. The second-order valence-corrected chi connectivity index (χ2v) is 4.95. The largest absolute Gasteiger partial charge is 0.356 e.